The van der Waals surface area contributed by atoms with Crippen LogP contribution in [0.1, 0.15) is 144 Å². The molecule has 7 heteroatoms. The van der Waals surface area contributed by atoms with Crippen LogP contribution in [0.3, 0.4) is 0 Å². The van der Waals surface area contributed by atoms with Crippen molar-refractivity contribution in [3.8, 4) is 0 Å². The van der Waals surface area contributed by atoms with Crippen molar-refractivity contribution in [3.63, 3.8) is 0 Å². The molecule has 0 saturated carbocycles. The Kier molecular flexibility index (Phi) is 19.6. The molecular weight excluding hydrogens is 547 g/mol. The Morgan fingerprint density at radius 1 is 0.400 bits per heavy atom. The number of hydrogen-bond acceptors (Lipinski definition) is 6. The zero-order valence-electron chi connectivity index (χ0n) is 29.3. The Labute approximate surface area is 258 Å². The van der Waals surface area contributed by atoms with Crippen molar-refractivity contribution in [3.05, 3.63) is 0 Å². The molecule has 0 aliphatic carbocycles. The van der Waals surface area contributed by atoms with E-state index in [-0.39, 0.29) is 86.2 Å². The Bertz CT molecular complexity index is 655. The molecule has 0 fully saturated rings. The van der Waals surface area contributed by atoms with Crippen molar-refractivity contribution in [1.29, 1.82) is 0 Å². The third-order valence-electron chi connectivity index (χ3n) is 6.64. The van der Waals surface area contributed by atoms with Gasteiger partial charge in [0.2, 0.25) is 0 Å². The molecule has 241 valence electrons. The van der Waals surface area contributed by atoms with Crippen LogP contribution < -0.4 is 0 Å². The predicted molar refractivity (Wildman–Crippen MR) is 164 cm³/mol. The Hall–Kier alpha value is -0.591. The average molecular weight is 614 g/mol. The van der Waals surface area contributed by atoms with Gasteiger partial charge in [-0.05, 0) is 16.2 Å². The maximum atomic E-state index is 11.6. The van der Waals surface area contributed by atoms with E-state index in [1.807, 2.05) is 125 Å². The molecule has 0 aliphatic rings. The third kappa shape index (κ3) is 22.1. The Morgan fingerprint density at radius 2 is 0.525 bits per heavy atom. The van der Waals surface area contributed by atoms with Crippen molar-refractivity contribution in [2.45, 2.75) is 162 Å². The van der Waals surface area contributed by atoms with Crippen LogP contribution in [0.25, 0.3) is 0 Å². The van der Waals surface area contributed by atoms with Crippen molar-refractivity contribution in [1.82, 2.24) is 0 Å². The molecule has 0 aromatic heterocycles. The average Bonchev–Trinajstić information content (AvgIpc) is 2.64. The van der Waals surface area contributed by atoms with Gasteiger partial charge in [-0.3, -0.25) is 14.4 Å². The van der Waals surface area contributed by atoms with Gasteiger partial charge in [0.1, 0.15) is 17.3 Å². The second kappa shape index (κ2) is 16.9. The fourth-order valence-electron chi connectivity index (χ4n) is 2.36. The molecule has 0 aliphatic heterocycles. The number of Topliss-reactive ketones (excluding diaryl/α,β-unsaturated/α-hetero) is 3. The number of carbonyl (C=O) groups is 3. The van der Waals surface area contributed by atoms with Gasteiger partial charge in [0.15, 0.2) is 0 Å². The molecule has 40 heavy (non-hydrogen) atoms. The van der Waals surface area contributed by atoms with E-state index in [0.717, 1.165) is 0 Å². The zero-order valence-corrected chi connectivity index (χ0v) is 30.5. The molecule has 0 saturated heterocycles. The van der Waals surface area contributed by atoms with Gasteiger partial charge in [0, 0.05) is 52.6 Å². The van der Waals surface area contributed by atoms with E-state index in [0.29, 0.717) is 0 Å². The van der Waals surface area contributed by atoms with Crippen LogP contribution in [-0.2, 0) is 31.5 Å². The summed E-state index contributed by atoms with van der Waals surface area (Å²) in [6.45, 7) is 34.4. The van der Waals surface area contributed by atoms with Gasteiger partial charge in [0.25, 0.3) is 0 Å². The van der Waals surface area contributed by atoms with Crippen LogP contribution >= 0.6 is 0 Å². The number of rotatable bonds is 6. The summed E-state index contributed by atoms with van der Waals surface area (Å²) < 4.78 is 0. The molecule has 0 rings (SSSR count). The molecule has 0 aromatic carbocycles. The molecule has 3 N–H and O–H groups in total. The predicted octanol–water partition coefficient (Wildman–Crippen LogP) is 7.19. The van der Waals surface area contributed by atoms with E-state index in [1.165, 1.54) is 0 Å². The summed E-state index contributed by atoms with van der Waals surface area (Å²) in [6.07, 6.45) is -0.856. The molecule has 3 atom stereocenters. The normalized spacial score (nSPS) is 15.2. The first-order valence-corrected chi connectivity index (χ1v) is 14.3. The summed E-state index contributed by atoms with van der Waals surface area (Å²) >= 11 is 0. The monoisotopic (exact) mass is 613 g/mol. The fourth-order valence-corrected chi connectivity index (χ4v) is 2.36. The van der Waals surface area contributed by atoms with Crippen molar-refractivity contribution < 1.29 is 46.8 Å². The molecule has 0 bridgehead atoms. The standard InChI is InChI=1S/3C11H22O2.Mn/c3*1-10(2,3)8(12)7-9(13)11(4,5)6;/h3*8,12H,7H2,1-6H3;. The Morgan fingerprint density at radius 3 is 0.600 bits per heavy atom. The fraction of sp³-hybridized carbons (Fsp3) is 0.909. The minimum absolute atomic E-state index is 0. The molecule has 1 radical (unpaired) electrons. The number of hydrogen-bond donors (Lipinski definition) is 3. The van der Waals surface area contributed by atoms with Gasteiger partial charge < -0.3 is 15.3 Å². The van der Waals surface area contributed by atoms with E-state index in [2.05, 4.69) is 0 Å². The van der Waals surface area contributed by atoms with Gasteiger partial charge in [-0.25, -0.2) is 0 Å². The number of aliphatic hydroxyl groups excluding tert-OH is 3. The molecule has 0 heterocycles. The van der Waals surface area contributed by atoms with Crippen LogP contribution in [0.4, 0.5) is 0 Å². The van der Waals surface area contributed by atoms with Gasteiger partial charge >= 0.3 is 0 Å². The maximum absolute atomic E-state index is 11.6. The van der Waals surface area contributed by atoms with E-state index < -0.39 is 18.3 Å². The molecule has 0 amide bonds. The smallest absolute Gasteiger partial charge is 0.140 e. The molecule has 0 spiro atoms. The van der Waals surface area contributed by atoms with Crippen molar-refractivity contribution in [2.24, 2.45) is 32.5 Å². The summed E-state index contributed by atoms with van der Waals surface area (Å²) in [5.74, 6) is 0.361. The van der Waals surface area contributed by atoms with Crippen LogP contribution in [-0.4, -0.2) is 51.0 Å². The van der Waals surface area contributed by atoms with Gasteiger partial charge in [-0.1, -0.05) is 125 Å². The summed E-state index contributed by atoms with van der Waals surface area (Å²) in [7, 11) is 0. The summed E-state index contributed by atoms with van der Waals surface area (Å²) in [4.78, 5) is 34.7. The summed E-state index contributed by atoms with van der Waals surface area (Å²) in [6, 6.07) is 0. The first-order chi connectivity index (χ1) is 16.6. The minimum Gasteiger partial charge on any atom is -0.392 e. The van der Waals surface area contributed by atoms with E-state index >= 15 is 0 Å². The third-order valence-corrected chi connectivity index (χ3v) is 6.64. The Balaban J connectivity index is -0.000000240. The van der Waals surface area contributed by atoms with Crippen molar-refractivity contribution in [2.75, 3.05) is 0 Å². The summed E-state index contributed by atoms with van der Waals surface area (Å²) in [5.41, 5.74) is -1.65. The number of ketones is 3. The topological polar surface area (TPSA) is 112 Å². The van der Waals surface area contributed by atoms with Gasteiger partial charge in [-0.15, -0.1) is 0 Å². The first-order valence-electron chi connectivity index (χ1n) is 14.3. The second-order valence-electron chi connectivity index (χ2n) is 17.3. The quantitative estimate of drug-likeness (QED) is 0.273. The molecule has 0 aromatic rings. The number of carbonyl (C=O) groups excluding carboxylic acids is 3. The van der Waals surface area contributed by atoms with Crippen LogP contribution in [0.2, 0.25) is 0 Å². The minimum atomic E-state index is -0.542. The number of aliphatic hydroxyl groups is 3. The summed E-state index contributed by atoms with van der Waals surface area (Å²) in [5, 5.41) is 29.1. The largest absolute Gasteiger partial charge is 0.392 e. The van der Waals surface area contributed by atoms with E-state index in [9.17, 15) is 29.7 Å². The van der Waals surface area contributed by atoms with Crippen LogP contribution in [0.15, 0.2) is 0 Å². The van der Waals surface area contributed by atoms with E-state index in [4.69, 9.17) is 0 Å². The molecule has 6 nitrogen and oxygen atoms in total. The van der Waals surface area contributed by atoms with Gasteiger partial charge in [0.05, 0.1) is 18.3 Å². The molecular formula is C33H66MnO6. The van der Waals surface area contributed by atoms with Crippen molar-refractivity contribution >= 4 is 17.3 Å². The second-order valence-corrected chi connectivity index (χ2v) is 17.3. The first kappa shape index (κ1) is 46.4. The van der Waals surface area contributed by atoms with Crippen LogP contribution in [0.5, 0.6) is 0 Å². The maximum Gasteiger partial charge on any atom is 0.140 e. The van der Waals surface area contributed by atoms with Gasteiger partial charge in [-0.2, -0.15) is 0 Å². The van der Waals surface area contributed by atoms with E-state index in [1.54, 1.807) is 0 Å². The zero-order chi connectivity index (χ0) is 32.6. The molecule has 3 unspecified atom stereocenters. The van der Waals surface area contributed by atoms with Crippen LogP contribution in [0, 0.1) is 32.5 Å². The SMILES string of the molecule is CC(C)(C)C(=O)CC(O)C(C)(C)C.CC(C)(C)C(=O)CC(O)C(C)(C)C.CC(C)(C)C(=O)CC(O)C(C)(C)C.[Mn].